The van der Waals surface area contributed by atoms with Gasteiger partial charge in [-0.2, -0.15) is 12.6 Å². The molecule has 9 heteroatoms. The molecule has 1 atom stereocenters. The minimum atomic E-state index is -1.96. The van der Waals surface area contributed by atoms with Crippen LogP contribution in [0.15, 0.2) is 0 Å². The molecule has 0 amide bonds. The third kappa shape index (κ3) is 4.35. The highest BCUT2D eigenvalue weighted by molar-refractivity contribution is 7.80. The van der Waals surface area contributed by atoms with Gasteiger partial charge in [0.25, 0.3) is 5.09 Å². The molecule has 0 rings (SSSR count). The van der Waals surface area contributed by atoms with Crippen LogP contribution in [0.1, 0.15) is 20.8 Å². The van der Waals surface area contributed by atoms with E-state index in [-0.39, 0.29) is 12.4 Å². The van der Waals surface area contributed by atoms with Crippen molar-refractivity contribution in [1.82, 2.24) is 0 Å². The van der Waals surface area contributed by atoms with Crippen LogP contribution < -0.4 is 5.73 Å². The molecule has 0 spiro atoms. The average molecular weight is 294 g/mol. The van der Waals surface area contributed by atoms with Crippen molar-refractivity contribution in [3.8, 4) is 0 Å². The van der Waals surface area contributed by atoms with Crippen molar-refractivity contribution in [3.05, 3.63) is 10.1 Å². The Hall–Kier alpha value is -1.35. The van der Waals surface area contributed by atoms with Crippen LogP contribution in [0.2, 0.25) is 0 Å². The number of rotatable bonds is 8. The summed E-state index contributed by atoms with van der Waals surface area (Å²) in [6, 6.07) is 0. The van der Waals surface area contributed by atoms with E-state index in [1.807, 2.05) is 0 Å². The molecule has 19 heavy (non-hydrogen) atoms. The lowest BCUT2D eigenvalue weighted by atomic mass is 9.78. The normalized spacial score (nSPS) is 14.4. The molecule has 0 bridgehead atoms. The molecule has 8 nitrogen and oxygen atoms in total. The molecule has 0 aromatic carbocycles. The fourth-order valence-corrected chi connectivity index (χ4v) is 1.65. The molecule has 0 aromatic heterocycles. The molecule has 0 aliphatic heterocycles. The predicted molar refractivity (Wildman–Crippen MR) is 69.1 cm³/mol. The molecule has 0 unspecified atom stereocenters. The largest absolute Gasteiger partial charge is 0.464 e. The zero-order valence-electron chi connectivity index (χ0n) is 11.0. The maximum atomic E-state index is 12.3. The van der Waals surface area contributed by atoms with E-state index in [4.69, 9.17) is 10.5 Å². The van der Waals surface area contributed by atoms with E-state index in [1.54, 1.807) is 6.92 Å². The number of ether oxygens (including phenoxy) is 1. The fraction of sp³-hybridized carbons (Fsp3) is 0.800. The number of carbonyl (C=O) groups is 2. The summed E-state index contributed by atoms with van der Waals surface area (Å²) in [5.41, 5.74) is 2.46. The maximum Gasteiger partial charge on any atom is 0.334 e. The quantitative estimate of drug-likeness (QED) is 0.212. The van der Waals surface area contributed by atoms with Crippen LogP contribution in [-0.2, 0) is 19.2 Å². The molecule has 0 saturated carbocycles. The zero-order valence-corrected chi connectivity index (χ0v) is 11.9. The second kappa shape index (κ2) is 6.71. The van der Waals surface area contributed by atoms with E-state index in [0.29, 0.717) is 0 Å². The fourth-order valence-electron chi connectivity index (χ4n) is 1.37. The summed E-state index contributed by atoms with van der Waals surface area (Å²) in [7, 11) is 0. The van der Waals surface area contributed by atoms with Crippen LogP contribution in [0.4, 0.5) is 0 Å². The Morgan fingerprint density at radius 3 is 2.32 bits per heavy atom. The molecule has 0 radical (unpaired) electrons. The van der Waals surface area contributed by atoms with E-state index >= 15 is 0 Å². The second-order valence-electron chi connectivity index (χ2n) is 4.56. The lowest BCUT2D eigenvalue weighted by Gasteiger charge is -2.32. The molecular weight excluding hydrogens is 276 g/mol. The second-order valence-corrected chi connectivity index (χ2v) is 4.88. The number of carbonyl (C=O) groups excluding carboxylic acids is 2. The first-order valence-corrected chi connectivity index (χ1v) is 6.14. The van der Waals surface area contributed by atoms with E-state index < -0.39 is 34.4 Å². The van der Waals surface area contributed by atoms with Crippen molar-refractivity contribution in [2.75, 3.05) is 19.0 Å². The Balaban J connectivity index is 5.10. The number of esters is 1. The Morgan fingerprint density at radius 2 is 1.95 bits per heavy atom. The summed E-state index contributed by atoms with van der Waals surface area (Å²) in [6.07, 6.45) is 0. The van der Waals surface area contributed by atoms with Crippen LogP contribution in [0.25, 0.3) is 0 Å². The number of hydrogen-bond acceptors (Lipinski definition) is 8. The van der Waals surface area contributed by atoms with Gasteiger partial charge >= 0.3 is 5.97 Å². The first kappa shape index (κ1) is 17.6. The third-order valence-corrected chi connectivity index (χ3v) is 2.94. The minimum Gasteiger partial charge on any atom is -0.464 e. The van der Waals surface area contributed by atoms with Gasteiger partial charge in [0, 0.05) is 11.2 Å². The lowest BCUT2D eigenvalue weighted by molar-refractivity contribution is -0.760. The Bertz CT molecular complexity index is 373. The highest BCUT2D eigenvalue weighted by Gasteiger charge is 2.49. The molecule has 0 aliphatic carbocycles. The van der Waals surface area contributed by atoms with Crippen LogP contribution in [-0.4, -0.2) is 41.3 Å². The standard InChI is InChI=1S/C10H18N2O6S/c1-4-17-8(14)10(11,6-19)7(13)9(2,3)5-18-12(15)16/h19H,4-6,11H2,1-3H3/t10-/m1/s1. The summed E-state index contributed by atoms with van der Waals surface area (Å²) in [5.74, 6) is -1.91. The van der Waals surface area contributed by atoms with Gasteiger partial charge in [-0.25, -0.2) is 4.79 Å². The van der Waals surface area contributed by atoms with Gasteiger partial charge in [-0.05, 0) is 6.92 Å². The molecule has 0 aliphatic rings. The van der Waals surface area contributed by atoms with Crippen molar-refractivity contribution in [1.29, 1.82) is 0 Å². The van der Waals surface area contributed by atoms with E-state index in [9.17, 15) is 19.7 Å². The molecule has 0 aromatic rings. The number of nitrogens with zero attached hydrogens (tertiary/aromatic N) is 1. The molecular formula is C10H18N2O6S. The number of ketones is 1. The average Bonchev–Trinajstić information content (AvgIpc) is 2.34. The molecule has 2 N–H and O–H groups in total. The van der Waals surface area contributed by atoms with Gasteiger partial charge in [0.05, 0.1) is 6.61 Å². The van der Waals surface area contributed by atoms with Crippen molar-refractivity contribution >= 4 is 24.4 Å². The van der Waals surface area contributed by atoms with Crippen molar-refractivity contribution in [2.45, 2.75) is 26.3 Å². The van der Waals surface area contributed by atoms with E-state index in [0.717, 1.165) is 0 Å². The summed E-state index contributed by atoms with van der Waals surface area (Å²) < 4.78 is 4.73. The molecule has 0 fully saturated rings. The highest BCUT2D eigenvalue weighted by Crippen LogP contribution is 2.25. The Labute approximate surface area is 116 Å². The van der Waals surface area contributed by atoms with Gasteiger partial charge in [0.15, 0.2) is 11.3 Å². The highest BCUT2D eigenvalue weighted by atomic mass is 32.1. The number of Topliss-reactive ketones (excluding diaryl/α,β-unsaturated/α-hetero) is 1. The van der Waals surface area contributed by atoms with Crippen molar-refractivity contribution in [2.24, 2.45) is 11.1 Å². The van der Waals surface area contributed by atoms with Gasteiger partial charge in [-0.1, -0.05) is 13.8 Å². The summed E-state index contributed by atoms with van der Waals surface area (Å²) in [5, 5.41) is 9.14. The number of nitrogens with two attached hydrogens (primary N) is 1. The third-order valence-electron chi connectivity index (χ3n) is 2.44. The predicted octanol–water partition coefficient (Wildman–Crippen LogP) is -0.0196. The molecule has 0 saturated heterocycles. The topological polar surface area (TPSA) is 122 Å². The van der Waals surface area contributed by atoms with Gasteiger partial charge in [-0.15, -0.1) is 10.1 Å². The Kier molecular flexibility index (Phi) is 6.23. The van der Waals surface area contributed by atoms with Gasteiger partial charge in [-0.3, -0.25) is 4.79 Å². The smallest absolute Gasteiger partial charge is 0.334 e. The first-order chi connectivity index (χ1) is 8.61. The number of hydrogen-bond donors (Lipinski definition) is 2. The molecule has 110 valence electrons. The van der Waals surface area contributed by atoms with Gasteiger partial charge in [0.2, 0.25) is 0 Å². The van der Waals surface area contributed by atoms with E-state index in [2.05, 4.69) is 17.5 Å². The van der Waals surface area contributed by atoms with Crippen LogP contribution in [0, 0.1) is 15.5 Å². The number of thiol groups is 1. The molecule has 0 heterocycles. The zero-order chi connectivity index (χ0) is 15.3. The van der Waals surface area contributed by atoms with Gasteiger partial charge in [0.1, 0.15) is 6.61 Å². The maximum absolute atomic E-state index is 12.3. The Morgan fingerprint density at radius 1 is 1.42 bits per heavy atom. The van der Waals surface area contributed by atoms with Gasteiger partial charge < -0.3 is 15.3 Å². The monoisotopic (exact) mass is 294 g/mol. The van der Waals surface area contributed by atoms with Crippen molar-refractivity contribution in [3.63, 3.8) is 0 Å². The minimum absolute atomic E-state index is 0.0602. The van der Waals surface area contributed by atoms with Crippen molar-refractivity contribution < 1.29 is 24.3 Å². The first-order valence-electron chi connectivity index (χ1n) is 5.51. The van der Waals surface area contributed by atoms with Crippen LogP contribution in [0.3, 0.4) is 0 Å². The van der Waals surface area contributed by atoms with Crippen LogP contribution in [0.5, 0.6) is 0 Å². The lowest BCUT2D eigenvalue weighted by Crippen LogP contribution is -2.62. The summed E-state index contributed by atoms with van der Waals surface area (Å²) >= 11 is 3.89. The SMILES string of the molecule is CCOC(=O)[C@@](N)(CS)C(=O)C(C)(C)CO[N+](=O)[O-]. The van der Waals surface area contributed by atoms with E-state index in [1.165, 1.54) is 13.8 Å². The summed E-state index contributed by atoms with van der Waals surface area (Å²) in [6.45, 7) is 3.91. The van der Waals surface area contributed by atoms with Crippen LogP contribution >= 0.6 is 12.6 Å². The summed E-state index contributed by atoms with van der Waals surface area (Å²) in [4.78, 5) is 38.3.